The first-order valence-electron chi connectivity index (χ1n) is 7.83. The molecule has 2 aromatic rings. The van der Waals surface area contributed by atoms with E-state index in [0.717, 1.165) is 0 Å². The summed E-state index contributed by atoms with van der Waals surface area (Å²) in [4.78, 5) is 25.8. The van der Waals surface area contributed by atoms with Gasteiger partial charge in [-0.25, -0.2) is 0 Å². The molecule has 1 aromatic heterocycles. The lowest BCUT2D eigenvalue weighted by Gasteiger charge is -2.22. The Hall–Kier alpha value is -3.27. The zero-order valence-electron chi connectivity index (χ0n) is 14.2. The van der Waals surface area contributed by atoms with Crippen molar-refractivity contribution in [1.29, 1.82) is 5.26 Å². The second-order valence-corrected chi connectivity index (χ2v) is 5.58. The van der Waals surface area contributed by atoms with Gasteiger partial charge in [0.05, 0.1) is 24.3 Å². The summed E-state index contributed by atoms with van der Waals surface area (Å²) in [5.74, 6) is -0.380. The number of carbonyl (C=O) groups is 2. The van der Waals surface area contributed by atoms with E-state index in [1.165, 1.54) is 17.4 Å². The van der Waals surface area contributed by atoms with Crippen LogP contribution in [0.3, 0.4) is 0 Å². The molecule has 2 amide bonds. The molecule has 0 spiro atoms. The van der Waals surface area contributed by atoms with Crippen LogP contribution in [0.2, 0.25) is 0 Å². The number of anilines is 2. The van der Waals surface area contributed by atoms with Crippen LogP contribution in [0.25, 0.3) is 0 Å². The van der Waals surface area contributed by atoms with Crippen molar-refractivity contribution < 1.29 is 14.0 Å². The summed E-state index contributed by atoms with van der Waals surface area (Å²) >= 11 is 0. The maximum Gasteiger partial charge on any atom is 0.258 e. The van der Waals surface area contributed by atoms with Crippen LogP contribution in [0.1, 0.15) is 23.7 Å². The van der Waals surface area contributed by atoms with Gasteiger partial charge in [-0.2, -0.15) is 5.26 Å². The lowest BCUT2D eigenvalue weighted by molar-refractivity contribution is -0.130. The molecular formula is C18H20N4O3. The molecule has 0 aliphatic heterocycles. The van der Waals surface area contributed by atoms with Crippen molar-refractivity contribution in [2.24, 2.45) is 0 Å². The van der Waals surface area contributed by atoms with Crippen molar-refractivity contribution in [3.8, 4) is 6.07 Å². The molecule has 0 bridgehead atoms. The summed E-state index contributed by atoms with van der Waals surface area (Å²) in [6, 6.07) is 10.2. The normalized spacial score (nSPS) is 11.2. The molecule has 0 unspecified atom stereocenters. The van der Waals surface area contributed by atoms with Crippen LogP contribution in [-0.4, -0.2) is 36.3 Å². The number of amides is 2. The first-order valence-corrected chi connectivity index (χ1v) is 7.83. The second kappa shape index (κ2) is 8.55. The van der Waals surface area contributed by atoms with Gasteiger partial charge in [0.2, 0.25) is 5.91 Å². The Morgan fingerprint density at radius 1 is 1.32 bits per heavy atom. The zero-order chi connectivity index (χ0) is 18.2. The van der Waals surface area contributed by atoms with Gasteiger partial charge >= 0.3 is 0 Å². The molecule has 1 atom stereocenters. The number of benzene rings is 1. The Kier molecular flexibility index (Phi) is 6.18. The number of nitriles is 1. The third-order valence-electron chi connectivity index (χ3n) is 3.59. The maximum absolute atomic E-state index is 12.2. The molecule has 1 heterocycles. The number of nitrogens with one attached hydrogen (secondary N) is 2. The molecule has 2 rings (SSSR count). The van der Waals surface area contributed by atoms with Gasteiger partial charge in [-0.1, -0.05) is 6.07 Å². The Bertz CT molecular complexity index is 765. The van der Waals surface area contributed by atoms with Gasteiger partial charge in [0, 0.05) is 25.0 Å². The van der Waals surface area contributed by atoms with Crippen LogP contribution in [0.15, 0.2) is 47.3 Å². The van der Waals surface area contributed by atoms with Crippen LogP contribution in [0.4, 0.5) is 11.4 Å². The van der Waals surface area contributed by atoms with Gasteiger partial charge in [0.1, 0.15) is 12.3 Å². The number of furan rings is 1. The van der Waals surface area contributed by atoms with Crippen molar-refractivity contribution in [2.45, 2.75) is 19.4 Å². The van der Waals surface area contributed by atoms with E-state index in [2.05, 4.69) is 10.6 Å². The Labute approximate surface area is 146 Å². The minimum Gasteiger partial charge on any atom is -0.472 e. The molecule has 7 nitrogen and oxygen atoms in total. The fourth-order valence-electron chi connectivity index (χ4n) is 2.25. The lowest BCUT2D eigenvalue weighted by Crippen LogP contribution is -2.39. The highest BCUT2D eigenvalue weighted by atomic mass is 16.3. The summed E-state index contributed by atoms with van der Waals surface area (Å²) in [6.07, 6.45) is 3.10. The predicted molar refractivity (Wildman–Crippen MR) is 94.1 cm³/mol. The number of carbonyl (C=O) groups excluding carboxylic acids is 2. The van der Waals surface area contributed by atoms with Crippen LogP contribution in [0, 0.1) is 11.3 Å². The van der Waals surface area contributed by atoms with E-state index in [-0.39, 0.29) is 11.8 Å². The molecule has 0 radical (unpaired) electrons. The van der Waals surface area contributed by atoms with Gasteiger partial charge in [0.25, 0.3) is 5.91 Å². The molecule has 130 valence electrons. The van der Waals surface area contributed by atoms with E-state index < -0.39 is 6.04 Å². The molecule has 0 saturated heterocycles. The number of rotatable bonds is 7. The SMILES string of the molecule is C[C@@H](Nc1cccc(NC(=O)c2ccoc2)c1)C(=O)N(C)CCC#N. The highest BCUT2D eigenvalue weighted by molar-refractivity contribution is 6.04. The standard InChI is InChI=1S/C18H20N4O3/c1-13(18(24)22(2)9-4-8-19)20-15-5-3-6-16(11-15)21-17(23)14-7-10-25-12-14/h3,5-7,10-13,20H,4,9H2,1-2H3,(H,21,23)/t13-/m1/s1. The maximum atomic E-state index is 12.2. The van der Waals surface area contributed by atoms with Crippen molar-refractivity contribution >= 4 is 23.2 Å². The van der Waals surface area contributed by atoms with Gasteiger partial charge in [-0.15, -0.1) is 0 Å². The van der Waals surface area contributed by atoms with Crippen molar-refractivity contribution in [3.05, 3.63) is 48.4 Å². The largest absolute Gasteiger partial charge is 0.472 e. The molecular weight excluding hydrogens is 320 g/mol. The van der Waals surface area contributed by atoms with Gasteiger partial charge in [-0.3, -0.25) is 9.59 Å². The number of likely N-dealkylation sites (N-methyl/N-ethyl adjacent to an activating group) is 1. The average molecular weight is 340 g/mol. The van der Waals surface area contributed by atoms with Gasteiger partial charge in [-0.05, 0) is 31.2 Å². The van der Waals surface area contributed by atoms with E-state index in [4.69, 9.17) is 9.68 Å². The Morgan fingerprint density at radius 3 is 2.76 bits per heavy atom. The zero-order valence-corrected chi connectivity index (χ0v) is 14.2. The number of hydrogen-bond donors (Lipinski definition) is 2. The van der Waals surface area contributed by atoms with E-state index in [1.54, 1.807) is 38.2 Å². The third-order valence-corrected chi connectivity index (χ3v) is 3.59. The first-order chi connectivity index (χ1) is 12.0. The molecule has 0 fully saturated rings. The van der Waals surface area contributed by atoms with E-state index in [1.807, 2.05) is 12.1 Å². The summed E-state index contributed by atoms with van der Waals surface area (Å²) in [6.45, 7) is 2.14. The average Bonchev–Trinajstić information content (AvgIpc) is 3.14. The van der Waals surface area contributed by atoms with Crippen LogP contribution in [0.5, 0.6) is 0 Å². The molecule has 2 N–H and O–H groups in total. The summed E-state index contributed by atoms with van der Waals surface area (Å²) < 4.78 is 4.89. The quantitative estimate of drug-likeness (QED) is 0.807. The molecule has 0 saturated carbocycles. The predicted octanol–water partition coefficient (Wildman–Crippen LogP) is 2.70. The van der Waals surface area contributed by atoms with E-state index >= 15 is 0 Å². The van der Waals surface area contributed by atoms with Crippen LogP contribution < -0.4 is 10.6 Å². The van der Waals surface area contributed by atoms with Crippen molar-refractivity contribution in [3.63, 3.8) is 0 Å². The highest BCUT2D eigenvalue weighted by Gasteiger charge is 2.17. The minimum absolute atomic E-state index is 0.108. The minimum atomic E-state index is -0.455. The fourth-order valence-corrected chi connectivity index (χ4v) is 2.25. The second-order valence-electron chi connectivity index (χ2n) is 5.58. The summed E-state index contributed by atoms with van der Waals surface area (Å²) in [7, 11) is 1.67. The van der Waals surface area contributed by atoms with Gasteiger partial charge < -0.3 is 20.0 Å². The van der Waals surface area contributed by atoms with Crippen molar-refractivity contribution in [1.82, 2.24) is 4.90 Å². The van der Waals surface area contributed by atoms with Gasteiger partial charge in [0.15, 0.2) is 0 Å². The van der Waals surface area contributed by atoms with E-state index in [9.17, 15) is 9.59 Å². The Morgan fingerprint density at radius 2 is 2.08 bits per heavy atom. The van der Waals surface area contributed by atoms with E-state index in [0.29, 0.717) is 29.9 Å². The summed E-state index contributed by atoms with van der Waals surface area (Å²) in [5.41, 5.74) is 1.74. The summed E-state index contributed by atoms with van der Waals surface area (Å²) in [5, 5.41) is 14.5. The fraction of sp³-hybridized carbons (Fsp3) is 0.278. The van der Waals surface area contributed by atoms with Crippen LogP contribution >= 0.6 is 0 Å². The van der Waals surface area contributed by atoms with Crippen LogP contribution in [-0.2, 0) is 4.79 Å². The number of nitrogens with zero attached hydrogens (tertiary/aromatic N) is 2. The third kappa shape index (κ3) is 5.11. The molecule has 7 heteroatoms. The molecule has 1 aromatic carbocycles. The lowest BCUT2D eigenvalue weighted by atomic mass is 10.2. The Balaban J connectivity index is 1.97. The first kappa shape index (κ1) is 18.1. The highest BCUT2D eigenvalue weighted by Crippen LogP contribution is 2.17. The topological polar surface area (TPSA) is 98.4 Å². The van der Waals surface area contributed by atoms with Crippen molar-refractivity contribution in [2.75, 3.05) is 24.2 Å². The monoisotopic (exact) mass is 340 g/mol. The number of hydrogen-bond acceptors (Lipinski definition) is 5. The molecule has 0 aliphatic rings. The smallest absolute Gasteiger partial charge is 0.258 e. The molecule has 0 aliphatic carbocycles. The molecule has 25 heavy (non-hydrogen) atoms.